The van der Waals surface area contributed by atoms with E-state index in [2.05, 4.69) is 17.0 Å². The Kier molecular flexibility index (Phi) is 2.99. The fraction of sp³-hybridized carbons (Fsp3) is 0.667. The van der Waals surface area contributed by atoms with Crippen molar-refractivity contribution in [3.8, 4) is 0 Å². The molecule has 4 heteroatoms. The van der Waals surface area contributed by atoms with E-state index in [1.807, 2.05) is 13.8 Å². The van der Waals surface area contributed by atoms with E-state index in [1.165, 1.54) is 6.42 Å². The minimum atomic E-state index is 0.207. The van der Waals surface area contributed by atoms with E-state index in [1.54, 1.807) is 0 Å². The van der Waals surface area contributed by atoms with Gasteiger partial charge in [-0.3, -0.25) is 5.41 Å². The second kappa shape index (κ2) is 4.28. The molecular formula is C12H19N3O. The van der Waals surface area contributed by atoms with Crippen LogP contribution < -0.4 is 0 Å². The van der Waals surface area contributed by atoms with Gasteiger partial charge in [0.25, 0.3) is 0 Å². The van der Waals surface area contributed by atoms with Crippen LogP contribution in [-0.4, -0.2) is 22.4 Å². The van der Waals surface area contributed by atoms with Crippen molar-refractivity contribution >= 4 is 5.84 Å². The summed E-state index contributed by atoms with van der Waals surface area (Å²) in [5.41, 5.74) is 2.09. The quantitative estimate of drug-likeness (QED) is 0.835. The highest BCUT2D eigenvalue weighted by Gasteiger charge is 2.25. The first-order valence-corrected chi connectivity index (χ1v) is 5.88. The molecule has 1 N–H and O–H groups in total. The third-order valence-corrected chi connectivity index (χ3v) is 3.38. The van der Waals surface area contributed by atoms with Crippen molar-refractivity contribution in [3.63, 3.8) is 0 Å². The Bertz CT molecular complexity index is 377. The molecule has 88 valence electrons. The highest BCUT2D eigenvalue weighted by molar-refractivity contribution is 5.80. The highest BCUT2D eigenvalue weighted by atomic mass is 16.5. The minimum absolute atomic E-state index is 0.207. The summed E-state index contributed by atoms with van der Waals surface area (Å²) in [4.78, 5) is 2.16. The first kappa shape index (κ1) is 11.2. The molecule has 1 aromatic heterocycles. The predicted molar refractivity (Wildman–Crippen MR) is 62.7 cm³/mol. The maximum absolute atomic E-state index is 7.99. The Morgan fingerprint density at radius 1 is 1.38 bits per heavy atom. The molecule has 0 aromatic carbocycles. The number of aromatic nitrogens is 1. The summed E-state index contributed by atoms with van der Waals surface area (Å²) in [7, 11) is 0. The normalized spacial score (nSPS) is 18.9. The number of hydrogen-bond acceptors (Lipinski definition) is 3. The SMILES string of the molecule is Cc1noc(C)c1C(C)N1CCCCC1=N. The zero-order valence-electron chi connectivity index (χ0n) is 10.2. The van der Waals surface area contributed by atoms with Crippen LogP contribution in [0.5, 0.6) is 0 Å². The average Bonchev–Trinajstić information content (AvgIpc) is 2.58. The van der Waals surface area contributed by atoms with Crippen molar-refractivity contribution in [1.82, 2.24) is 10.1 Å². The zero-order chi connectivity index (χ0) is 11.7. The van der Waals surface area contributed by atoms with Gasteiger partial charge < -0.3 is 9.42 Å². The molecule has 1 atom stereocenters. The van der Waals surface area contributed by atoms with Crippen molar-refractivity contribution in [2.24, 2.45) is 0 Å². The fourth-order valence-corrected chi connectivity index (χ4v) is 2.52. The van der Waals surface area contributed by atoms with Crippen molar-refractivity contribution in [1.29, 1.82) is 5.41 Å². The van der Waals surface area contributed by atoms with Crippen LogP contribution in [0.25, 0.3) is 0 Å². The lowest BCUT2D eigenvalue weighted by Crippen LogP contribution is -2.37. The molecule has 4 nitrogen and oxygen atoms in total. The van der Waals surface area contributed by atoms with Crippen molar-refractivity contribution in [2.75, 3.05) is 6.54 Å². The molecule has 1 aliphatic heterocycles. The van der Waals surface area contributed by atoms with E-state index in [4.69, 9.17) is 9.93 Å². The number of amidine groups is 1. The van der Waals surface area contributed by atoms with Gasteiger partial charge in [0.05, 0.1) is 17.6 Å². The summed E-state index contributed by atoms with van der Waals surface area (Å²) in [6.45, 7) is 7.02. The van der Waals surface area contributed by atoms with Gasteiger partial charge >= 0.3 is 0 Å². The molecule has 0 saturated carbocycles. The Morgan fingerprint density at radius 2 is 2.12 bits per heavy atom. The number of nitrogens with zero attached hydrogens (tertiary/aromatic N) is 2. The molecule has 0 amide bonds. The van der Waals surface area contributed by atoms with Gasteiger partial charge in [-0.05, 0) is 33.6 Å². The molecule has 2 heterocycles. The number of nitrogens with one attached hydrogen (secondary N) is 1. The third-order valence-electron chi connectivity index (χ3n) is 3.38. The Labute approximate surface area is 96.1 Å². The summed E-state index contributed by atoms with van der Waals surface area (Å²) >= 11 is 0. The van der Waals surface area contributed by atoms with E-state index in [9.17, 15) is 0 Å². The number of hydrogen-bond donors (Lipinski definition) is 1. The van der Waals surface area contributed by atoms with Crippen LogP contribution in [0.3, 0.4) is 0 Å². The number of aryl methyl sites for hydroxylation is 2. The van der Waals surface area contributed by atoms with Crippen LogP contribution in [0.1, 0.15) is 49.2 Å². The van der Waals surface area contributed by atoms with Gasteiger partial charge in [0.2, 0.25) is 0 Å². The summed E-state index contributed by atoms with van der Waals surface area (Å²) < 4.78 is 5.20. The van der Waals surface area contributed by atoms with Crippen molar-refractivity contribution in [2.45, 2.75) is 46.1 Å². The minimum Gasteiger partial charge on any atom is -0.361 e. The Hall–Kier alpha value is -1.32. The van der Waals surface area contributed by atoms with Gasteiger partial charge in [-0.15, -0.1) is 0 Å². The van der Waals surface area contributed by atoms with E-state index in [-0.39, 0.29) is 6.04 Å². The monoisotopic (exact) mass is 221 g/mol. The lowest BCUT2D eigenvalue weighted by Gasteiger charge is -2.34. The van der Waals surface area contributed by atoms with Gasteiger partial charge in [-0.25, -0.2) is 0 Å². The number of likely N-dealkylation sites (tertiary alicyclic amines) is 1. The van der Waals surface area contributed by atoms with Crippen molar-refractivity contribution in [3.05, 3.63) is 17.0 Å². The maximum atomic E-state index is 7.99. The Morgan fingerprint density at radius 3 is 2.69 bits per heavy atom. The lowest BCUT2D eigenvalue weighted by atomic mass is 10.0. The van der Waals surface area contributed by atoms with E-state index in [0.29, 0.717) is 0 Å². The van der Waals surface area contributed by atoms with Crippen LogP contribution in [0, 0.1) is 19.3 Å². The lowest BCUT2D eigenvalue weighted by molar-refractivity contribution is 0.295. The number of rotatable bonds is 2. The number of piperidine rings is 1. The molecule has 16 heavy (non-hydrogen) atoms. The first-order valence-electron chi connectivity index (χ1n) is 5.88. The van der Waals surface area contributed by atoms with E-state index < -0.39 is 0 Å². The van der Waals surface area contributed by atoms with Gasteiger partial charge in [0, 0.05) is 18.5 Å². The standard InChI is InChI=1S/C12H19N3O/c1-8-12(10(3)16-14-8)9(2)15-7-5-4-6-11(15)13/h9,13H,4-7H2,1-3H3. The largest absolute Gasteiger partial charge is 0.361 e. The Balaban J connectivity index is 2.24. The molecule has 1 aliphatic rings. The molecule has 0 aliphatic carbocycles. The highest BCUT2D eigenvalue weighted by Crippen LogP contribution is 2.29. The molecular weight excluding hydrogens is 202 g/mol. The summed E-state index contributed by atoms with van der Waals surface area (Å²) in [6.07, 6.45) is 3.22. The second-order valence-electron chi connectivity index (χ2n) is 4.51. The van der Waals surface area contributed by atoms with Crippen LogP contribution in [0.4, 0.5) is 0 Å². The van der Waals surface area contributed by atoms with Gasteiger partial charge in [-0.1, -0.05) is 5.16 Å². The second-order valence-corrected chi connectivity index (χ2v) is 4.51. The van der Waals surface area contributed by atoms with Gasteiger partial charge in [-0.2, -0.15) is 0 Å². The van der Waals surface area contributed by atoms with Crippen molar-refractivity contribution < 1.29 is 4.52 Å². The molecule has 0 bridgehead atoms. The predicted octanol–water partition coefficient (Wildman–Crippen LogP) is 2.82. The fourth-order valence-electron chi connectivity index (χ4n) is 2.52. The maximum Gasteiger partial charge on any atom is 0.139 e. The summed E-state index contributed by atoms with van der Waals surface area (Å²) in [5, 5.41) is 12.0. The zero-order valence-corrected chi connectivity index (χ0v) is 10.2. The molecule has 0 spiro atoms. The summed E-state index contributed by atoms with van der Waals surface area (Å²) in [6, 6.07) is 0.207. The molecule has 1 fully saturated rings. The summed E-state index contributed by atoms with van der Waals surface area (Å²) in [5.74, 6) is 1.63. The topological polar surface area (TPSA) is 53.1 Å². The van der Waals surface area contributed by atoms with E-state index in [0.717, 1.165) is 42.2 Å². The van der Waals surface area contributed by atoms with Crippen LogP contribution in [-0.2, 0) is 0 Å². The van der Waals surface area contributed by atoms with Crippen LogP contribution in [0.2, 0.25) is 0 Å². The first-order chi connectivity index (χ1) is 7.61. The van der Waals surface area contributed by atoms with Gasteiger partial charge in [0.1, 0.15) is 5.76 Å². The van der Waals surface area contributed by atoms with Crippen LogP contribution >= 0.6 is 0 Å². The average molecular weight is 221 g/mol. The smallest absolute Gasteiger partial charge is 0.139 e. The van der Waals surface area contributed by atoms with Gasteiger partial charge in [0.15, 0.2) is 0 Å². The molecule has 1 aromatic rings. The van der Waals surface area contributed by atoms with E-state index >= 15 is 0 Å². The third kappa shape index (κ3) is 1.84. The molecule has 2 rings (SSSR count). The molecule has 0 radical (unpaired) electrons. The van der Waals surface area contributed by atoms with Crippen LogP contribution in [0.15, 0.2) is 4.52 Å². The molecule has 1 saturated heterocycles. The molecule has 1 unspecified atom stereocenters.